The molecule has 0 heterocycles. The SMILES string of the molecule is C[C@@H](C(=O)NOCc1ccccc1)[C@H](C)[S+](C)c1ccccc1.[I-]. The fraction of sp³-hybridized carbons (Fsp3) is 0.316. The van der Waals surface area contributed by atoms with E-state index in [9.17, 15) is 4.79 Å². The van der Waals surface area contributed by atoms with E-state index in [4.69, 9.17) is 4.84 Å². The molecule has 0 aliphatic carbocycles. The Balaban J connectivity index is 0.00000288. The summed E-state index contributed by atoms with van der Waals surface area (Å²) < 4.78 is 0. The van der Waals surface area contributed by atoms with Crippen molar-refractivity contribution >= 4 is 16.8 Å². The Labute approximate surface area is 164 Å². The first-order valence-corrected chi connectivity index (χ1v) is 9.44. The van der Waals surface area contributed by atoms with E-state index in [1.54, 1.807) is 0 Å². The van der Waals surface area contributed by atoms with Crippen LogP contribution in [-0.4, -0.2) is 17.4 Å². The first kappa shape index (κ1) is 21.0. The summed E-state index contributed by atoms with van der Waals surface area (Å²) in [6.07, 6.45) is 2.19. The molecule has 1 N–H and O–H groups in total. The molecule has 2 rings (SSSR count). The molecule has 0 radical (unpaired) electrons. The zero-order chi connectivity index (χ0) is 16.7. The monoisotopic (exact) mass is 457 g/mol. The van der Waals surface area contributed by atoms with Gasteiger partial charge in [0.15, 0.2) is 4.90 Å². The van der Waals surface area contributed by atoms with Crippen molar-refractivity contribution in [2.75, 3.05) is 6.26 Å². The molecule has 0 saturated carbocycles. The zero-order valence-corrected chi connectivity index (χ0v) is 17.2. The Morgan fingerprint density at radius 3 is 2.17 bits per heavy atom. The van der Waals surface area contributed by atoms with E-state index < -0.39 is 0 Å². The summed E-state index contributed by atoms with van der Waals surface area (Å²) in [4.78, 5) is 18.9. The van der Waals surface area contributed by atoms with Gasteiger partial charge in [-0.2, -0.15) is 0 Å². The van der Waals surface area contributed by atoms with E-state index in [0.29, 0.717) is 6.61 Å². The molecule has 0 spiro atoms. The number of hydroxylamine groups is 1. The molecule has 0 fully saturated rings. The van der Waals surface area contributed by atoms with Crippen LogP contribution in [0.25, 0.3) is 0 Å². The maximum atomic E-state index is 12.3. The predicted molar refractivity (Wildman–Crippen MR) is 96.0 cm³/mol. The van der Waals surface area contributed by atoms with Crippen LogP contribution in [0.15, 0.2) is 65.6 Å². The second-order valence-corrected chi connectivity index (χ2v) is 7.94. The number of benzene rings is 2. The number of carbonyl (C=O) groups excluding carboxylic acids is 1. The van der Waals surface area contributed by atoms with Crippen molar-refractivity contribution in [1.29, 1.82) is 0 Å². The maximum absolute atomic E-state index is 12.3. The third kappa shape index (κ3) is 6.11. The number of carbonyl (C=O) groups is 1. The summed E-state index contributed by atoms with van der Waals surface area (Å²) >= 11 is 0. The highest BCUT2D eigenvalue weighted by atomic mass is 127. The smallest absolute Gasteiger partial charge is 0.251 e. The first-order chi connectivity index (χ1) is 11.1. The van der Waals surface area contributed by atoms with Crippen molar-refractivity contribution in [2.24, 2.45) is 5.92 Å². The molecule has 5 heteroatoms. The van der Waals surface area contributed by atoms with E-state index in [1.165, 1.54) is 4.90 Å². The van der Waals surface area contributed by atoms with Gasteiger partial charge < -0.3 is 24.0 Å². The number of hydrogen-bond acceptors (Lipinski definition) is 2. The lowest BCUT2D eigenvalue weighted by Gasteiger charge is -2.18. The molecule has 0 aromatic heterocycles. The van der Waals surface area contributed by atoms with Crippen molar-refractivity contribution < 1.29 is 33.6 Å². The van der Waals surface area contributed by atoms with Gasteiger partial charge in [-0.3, -0.25) is 9.63 Å². The number of nitrogens with one attached hydrogen (secondary N) is 1. The minimum Gasteiger partial charge on any atom is -1.00 e. The molecule has 3 nitrogen and oxygen atoms in total. The first-order valence-electron chi connectivity index (χ1n) is 7.75. The fourth-order valence-electron chi connectivity index (χ4n) is 2.23. The molecule has 2 aromatic carbocycles. The van der Waals surface area contributed by atoms with Gasteiger partial charge in [0.2, 0.25) is 0 Å². The van der Waals surface area contributed by atoms with Gasteiger partial charge in [0.25, 0.3) is 5.91 Å². The summed E-state index contributed by atoms with van der Waals surface area (Å²) in [6, 6.07) is 20.1. The lowest BCUT2D eigenvalue weighted by Crippen LogP contribution is -3.00. The number of hydrogen-bond donors (Lipinski definition) is 1. The Hall–Kier alpha value is -1.05. The van der Waals surface area contributed by atoms with Crippen LogP contribution in [0.1, 0.15) is 19.4 Å². The summed E-state index contributed by atoms with van der Waals surface area (Å²) in [5, 5.41) is 0.248. The van der Waals surface area contributed by atoms with Gasteiger partial charge in [0.1, 0.15) is 11.5 Å². The van der Waals surface area contributed by atoms with Crippen LogP contribution >= 0.6 is 0 Å². The van der Waals surface area contributed by atoms with E-state index in [2.05, 4.69) is 30.8 Å². The van der Waals surface area contributed by atoms with Gasteiger partial charge in [-0.05, 0) is 31.5 Å². The van der Waals surface area contributed by atoms with Crippen molar-refractivity contribution in [3.63, 3.8) is 0 Å². The molecule has 0 aliphatic rings. The summed E-state index contributed by atoms with van der Waals surface area (Å²) in [5.41, 5.74) is 3.62. The summed E-state index contributed by atoms with van der Waals surface area (Å²) in [7, 11) is 0.0133. The van der Waals surface area contributed by atoms with Crippen LogP contribution in [0.3, 0.4) is 0 Å². The maximum Gasteiger partial charge on any atom is 0.251 e. The second-order valence-electron chi connectivity index (χ2n) is 5.61. The predicted octanol–water partition coefficient (Wildman–Crippen LogP) is 0.570. The van der Waals surface area contributed by atoms with Crippen LogP contribution in [0.4, 0.5) is 0 Å². The molecule has 24 heavy (non-hydrogen) atoms. The van der Waals surface area contributed by atoms with E-state index in [1.807, 2.05) is 55.5 Å². The lowest BCUT2D eigenvalue weighted by atomic mass is 10.1. The Bertz CT molecular complexity index is 609. The fourth-order valence-corrected chi connectivity index (χ4v) is 3.98. The lowest BCUT2D eigenvalue weighted by molar-refractivity contribution is -0.138. The molecule has 130 valence electrons. The zero-order valence-electron chi connectivity index (χ0n) is 14.2. The highest BCUT2D eigenvalue weighted by Gasteiger charge is 2.33. The van der Waals surface area contributed by atoms with Crippen LogP contribution in [0, 0.1) is 5.92 Å². The minimum absolute atomic E-state index is 0. The molecule has 0 aliphatic heterocycles. The van der Waals surface area contributed by atoms with Gasteiger partial charge in [-0.15, -0.1) is 0 Å². The van der Waals surface area contributed by atoms with Gasteiger partial charge in [-0.25, -0.2) is 5.48 Å². The average Bonchev–Trinajstić information content (AvgIpc) is 2.61. The van der Waals surface area contributed by atoms with Crippen molar-refractivity contribution in [3.05, 3.63) is 66.2 Å². The van der Waals surface area contributed by atoms with Crippen LogP contribution in [0.5, 0.6) is 0 Å². The van der Waals surface area contributed by atoms with Crippen LogP contribution in [-0.2, 0) is 27.1 Å². The standard InChI is InChI=1S/C19H23NO2S.HI/c1-15(16(2)23(3)18-12-8-5-9-13-18)19(21)20-22-14-17-10-6-4-7-11-17;/h4-13,15-16H,14H2,1-3H3;1H/t15-,16+,23?;/m1./s1. The van der Waals surface area contributed by atoms with Crippen LogP contribution < -0.4 is 29.5 Å². The normalized spacial score (nSPS) is 14.1. The quantitative estimate of drug-likeness (QED) is 0.375. The van der Waals surface area contributed by atoms with E-state index in [-0.39, 0.29) is 51.9 Å². The molecular weight excluding hydrogens is 433 g/mol. The largest absolute Gasteiger partial charge is 1.00 e. The van der Waals surface area contributed by atoms with Crippen molar-refractivity contribution in [3.8, 4) is 0 Å². The van der Waals surface area contributed by atoms with E-state index in [0.717, 1.165) is 5.56 Å². The van der Waals surface area contributed by atoms with Crippen molar-refractivity contribution in [2.45, 2.75) is 30.6 Å². The summed E-state index contributed by atoms with van der Waals surface area (Å²) in [6.45, 7) is 4.46. The van der Waals surface area contributed by atoms with E-state index >= 15 is 0 Å². The Kier molecular flexibility index (Phi) is 9.39. The topological polar surface area (TPSA) is 38.3 Å². The molecule has 1 amide bonds. The van der Waals surface area contributed by atoms with Gasteiger partial charge in [0.05, 0.1) is 12.5 Å². The molecule has 0 bridgehead atoms. The highest BCUT2D eigenvalue weighted by Crippen LogP contribution is 2.21. The summed E-state index contributed by atoms with van der Waals surface area (Å²) in [5.74, 6) is -0.178. The number of halogens is 1. The Morgan fingerprint density at radius 2 is 1.58 bits per heavy atom. The third-order valence-electron chi connectivity index (χ3n) is 4.04. The third-order valence-corrected chi connectivity index (χ3v) is 6.58. The number of amides is 1. The average molecular weight is 457 g/mol. The van der Waals surface area contributed by atoms with Gasteiger partial charge in [-0.1, -0.05) is 48.5 Å². The van der Waals surface area contributed by atoms with Crippen LogP contribution in [0.2, 0.25) is 0 Å². The minimum atomic E-state index is -0.112. The molecule has 1 unspecified atom stereocenters. The molecule has 2 aromatic rings. The Morgan fingerprint density at radius 1 is 1.04 bits per heavy atom. The second kappa shape index (κ2) is 10.7. The molecule has 3 atom stereocenters. The van der Waals surface area contributed by atoms with Crippen molar-refractivity contribution in [1.82, 2.24) is 5.48 Å². The molecule has 0 saturated heterocycles. The van der Waals surface area contributed by atoms with Gasteiger partial charge in [0, 0.05) is 10.9 Å². The number of rotatable bonds is 7. The highest BCUT2D eigenvalue weighted by molar-refractivity contribution is 7.96. The van der Waals surface area contributed by atoms with Gasteiger partial charge >= 0.3 is 0 Å². The molecular formula is C19H24INO2S.